The molecule has 0 saturated heterocycles. The average molecular weight is 747 g/mol. The highest BCUT2D eigenvalue weighted by Crippen LogP contribution is 2.65. The minimum Gasteiger partial charge on any atom is -0.245 e. The van der Waals surface area contributed by atoms with Gasteiger partial charge < -0.3 is 0 Å². The molecule has 2 aliphatic rings. The van der Waals surface area contributed by atoms with Crippen LogP contribution in [0.25, 0.3) is 99.2 Å². The Morgan fingerprint density at radius 3 is 1.49 bits per heavy atom. The molecule has 2 aromatic heterocycles. The average Bonchev–Trinajstić information content (AvgIpc) is 3.79. The molecule has 11 aromatic rings. The molecule has 9 aromatic carbocycles. The number of rotatable bonds is 3. The van der Waals surface area contributed by atoms with Crippen LogP contribution in [0.15, 0.2) is 206 Å². The molecule has 0 bridgehead atoms. The Kier molecular flexibility index (Phi) is 6.68. The summed E-state index contributed by atoms with van der Waals surface area (Å²) < 4.78 is 0. The highest BCUT2D eigenvalue weighted by molar-refractivity contribution is 6.14. The topological polar surface area (TPSA) is 25.8 Å². The second kappa shape index (κ2) is 12.2. The lowest BCUT2D eigenvalue weighted by atomic mass is 9.69. The van der Waals surface area contributed by atoms with Gasteiger partial charge in [-0.15, -0.1) is 0 Å². The molecule has 0 fully saturated rings. The van der Waals surface area contributed by atoms with Crippen LogP contribution in [-0.2, 0) is 5.41 Å². The molecule has 0 radical (unpaired) electrons. The molecule has 272 valence electrons. The van der Waals surface area contributed by atoms with Gasteiger partial charge in [-0.25, -0.2) is 9.97 Å². The highest BCUT2D eigenvalue weighted by atomic mass is 14.8. The van der Waals surface area contributed by atoms with E-state index in [2.05, 4.69) is 200 Å². The molecule has 0 aliphatic heterocycles. The lowest BCUT2D eigenvalue weighted by Crippen LogP contribution is -2.26. The molecule has 2 heteroatoms. The van der Waals surface area contributed by atoms with Gasteiger partial charge in [0.25, 0.3) is 0 Å². The lowest BCUT2D eigenvalue weighted by Gasteiger charge is -2.31. The van der Waals surface area contributed by atoms with Crippen LogP contribution in [0.5, 0.6) is 0 Å². The van der Waals surface area contributed by atoms with Crippen molar-refractivity contribution in [2.45, 2.75) is 5.41 Å². The highest BCUT2D eigenvalue weighted by Gasteiger charge is 2.53. The summed E-state index contributed by atoms with van der Waals surface area (Å²) in [6.07, 6.45) is 0. The van der Waals surface area contributed by atoms with Crippen molar-refractivity contribution in [2.24, 2.45) is 0 Å². The minimum atomic E-state index is -0.448. The second-order valence-electron chi connectivity index (χ2n) is 16.0. The molecule has 59 heavy (non-hydrogen) atoms. The van der Waals surface area contributed by atoms with Gasteiger partial charge in [0.15, 0.2) is 0 Å². The van der Waals surface area contributed by atoms with Crippen LogP contribution in [-0.4, -0.2) is 9.97 Å². The van der Waals surface area contributed by atoms with Gasteiger partial charge in [-0.2, -0.15) is 0 Å². The van der Waals surface area contributed by atoms with E-state index < -0.39 is 5.41 Å². The van der Waals surface area contributed by atoms with Gasteiger partial charge in [0.05, 0.1) is 27.8 Å². The summed E-state index contributed by atoms with van der Waals surface area (Å²) >= 11 is 0. The molecule has 2 nitrogen and oxygen atoms in total. The first-order valence-electron chi connectivity index (χ1n) is 20.4. The molecule has 0 saturated carbocycles. The normalized spacial score (nSPS) is 13.2. The molecule has 0 atom stereocenters. The monoisotopic (exact) mass is 746 g/mol. The van der Waals surface area contributed by atoms with Crippen molar-refractivity contribution in [3.8, 4) is 55.9 Å². The number of benzene rings is 9. The van der Waals surface area contributed by atoms with Crippen molar-refractivity contribution >= 4 is 43.4 Å². The van der Waals surface area contributed by atoms with Crippen molar-refractivity contribution in [1.29, 1.82) is 0 Å². The largest absolute Gasteiger partial charge is 0.245 e. The van der Waals surface area contributed by atoms with E-state index in [9.17, 15) is 0 Å². The third-order valence-corrected chi connectivity index (χ3v) is 13.1. The van der Waals surface area contributed by atoms with E-state index in [1.165, 1.54) is 77.2 Å². The van der Waals surface area contributed by atoms with Crippen molar-refractivity contribution in [3.63, 3.8) is 0 Å². The molecule has 2 heterocycles. The summed E-state index contributed by atoms with van der Waals surface area (Å²) in [5.41, 5.74) is 18.6. The van der Waals surface area contributed by atoms with Gasteiger partial charge in [0, 0.05) is 21.9 Å². The SMILES string of the molecule is c1ccc(-c2ccc3ccc4ccc(-c5ccc(-c6cc7ccccc7c7c6-c6ccccc6C76c7ccccc7-c7ccccc76)c6ccccc56)nc4c3n2)cc1. The molecule has 1 spiro atoms. The van der Waals surface area contributed by atoms with Crippen LogP contribution >= 0.6 is 0 Å². The van der Waals surface area contributed by atoms with Crippen molar-refractivity contribution < 1.29 is 0 Å². The maximum atomic E-state index is 5.42. The van der Waals surface area contributed by atoms with E-state index in [0.717, 1.165) is 44.3 Å². The Bertz CT molecular complexity index is 3520. The van der Waals surface area contributed by atoms with Crippen molar-refractivity contribution in [1.82, 2.24) is 9.97 Å². The third kappa shape index (κ3) is 4.40. The number of hydrogen-bond donors (Lipinski definition) is 0. The van der Waals surface area contributed by atoms with E-state index in [0.29, 0.717) is 0 Å². The lowest BCUT2D eigenvalue weighted by molar-refractivity contribution is 0.801. The molecule has 13 rings (SSSR count). The van der Waals surface area contributed by atoms with Crippen molar-refractivity contribution in [2.75, 3.05) is 0 Å². The van der Waals surface area contributed by atoms with Gasteiger partial charge in [-0.3, -0.25) is 0 Å². The van der Waals surface area contributed by atoms with E-state index in [-0.39, 0.29) is 0 Å². The Morgan fingerprint density at radius 2 is 0.797 bits per heavy atom. The Hall–Kier alpha value is -7.68. The predicted octanol–water partition coefficient (Wildman–Crippen LogP) is 14.4. The number of hydrogen-bond acceptors (Lipinski definition) is 2. The van der Waals surface area contributed by atoms with E-state index in [1.54, 1.807) is 0 Å². The van der Waals surface area contributed by atoms with E-state index >= 15 is 0 Å². The summed E-state index contributed by atoms with van der Waals surface area (Å²) in [5, 5.41) is 7.08. The predicted molar refractivity (Wildman–Crippen MR) is 245 cm³/mol. The maximum absolute atomic E-state index is 5.42. The van der Waals surface area contributed by atoms with E-state index in [4.69, 9.17) is 9.97 Å². The Balaban J connectivity index is 1.07. The molecule has 2 aliphatic carbocycles. The maximum Gasteiger partial charge on any atom is 0.0972 e. The fraction of sp³-hybridized carbons (Fsp3) is 0.0175. The standard InChI is InChI=1S/C57H34N2/c1-2-14-35(15-3-1)51-32-28-36-26-27-37-29-33-52(59-56(37)55(36)58-51)45-31-30-42(40-18-6-7-19-41(40)45)47-34-38-16-4-5-17-39(38)54-53(47)46-22-10-13-25-50(46)57(54)48-23-11-8-20-43(48)44-21-9-12-24-49(44)57/h1-34H. The third-order valence-electron chi connectivity index (χ3n) is 13.1. The molecule has 0 unspecified atom stereocenters. The molecular formula is C57H34N2. The summed E-state index contributed by atoms with van der Waals surface area (Å²) in [6.45, 7) is 0. The zero-order valence-electron chi connectivity index (χ0n) is 32.0. The quantitative estimate of drug-likeness (QED) is 0.168. The zero-order chi connectivity index (χ0) is 38.7. The summed E-state index contributed by atoms with van der Waals surface area (Å²) in [6, 6.07) is 75.6. The summed E-state index contributed by atoms with van der Waals surface area (Å²) in [7, 11) is 0. The van der Waals surface area contributed by atoms with Crippen LogP contribution in [0.1, 0.15) is 22.3 Å². The zero-order valence-corrected chi connectivity index (χ0v) is 32.0. The van der Waals surface area contributed by atoms with Gasteiger partial charge in [-0.05, 0) is 95.4 Å². The number of aromatic nitrogens is 2. The van der Waals surface area contributed by atoms with Crippen LogP contribution in [0.2, 0.25) is 0 Å². The first-order valence-corrected chi connectivity index (χ1v) is 20.4. The Labute approximate surface area is 341 Å². The summed E-state index contributed by atoms with van der Waals surface area (Å²) in [4.78, 5) is 10.6. The Morgan fingerprint density at radius 1 is 0.305 bits per heavy atom. The number of pyridine rings is 2. The van der Waals surface area contributed by atoms with Crippen LogP contribution in [0, 0.1) is 0 Å². The number of fused-ring (bicyclic) bond motifs is 16. The fourth-order valence-electron chi connectivity index (χ4n) is 10.6. The smallest absolute Gasteiger partial charge is 0.0972 e. The van der Waals surface area contributed by atoms with Crippen LogP contribution < -0.4 is 0 Å². The van der Waals surface area contributed by atoms with Gasteiger partial charge in [-0.1, -0.05) is 188 Å². The van der Waals surface area contributed by atoms with Crippen LogP contribution in [0.3, 0.4) is 0 Å². The van der Waals surface area contributed by atoms with Crippen molar-refractivity contribution in [3.05, 3.63) is 229 Å². The van der Waals surface area contributed by atoms with E-state index in [1.807, 2.05) is 6.07 Å². The van der Waals surface area contributed by atoms with Crippen LogP contribution in [0.4, 0.5) is 0 Å². The summed E-state index contributed by atoms with van der Waals surface area (Å²) in [5.74, 6) is 0. The number of nitrogens with zero attached hydrogens (tertiary/aromatic N) is 2. The molecule has 0 amide bonds. The minimum absolute atomic E-state index is 0.448. The van der Waals surface area contributed by atoms with Gasteiger partial charge in [0.1, 0.15) is 0 Å². The fourth-order valence-corrected chi connectivity index (χ4v) is 10.6. The first kappa shape index (κ1) is 32.4. The molecule has 0 N–H and O–H groups in total. The molecular weight excluding hydrogens is 713 g/mol. The first-order chi connectivity index (χ1) is 29.3. The van der Waals surface area contributed by atoms with Gasteiger partial charge >= 0.3 is 0 Å². The van der Waals surface area contributed by atoms with Gasteiger partial charge in [0.2, 0.25) is 0 Å². The second-order valence-corrected chi connectivity index (χ2v) is 16.0.